The molecule has 0 heterocycles. The summed E-state index contributed by atoms with van der Waals surface area (Å²) in [7, 11) is 0. The molecular formula is C14H17FN2O2. The Bertz CT molecular complexity index is 457. The van der Waals surface area contributed by atoms with E-state index in [4.69, 9.17) is 10.00 Å². The highest BCUT2D eigenvalue weighted by atomic mass is 19.1. The lowest BCUT2D eigenvalue weighted by Crippen LogP contribution is -2.33. The van der Waals surface area contributed by atoms with Gasteiger partial charge in [-0.2, -0.15) is 5.26 Å². The topological polar surface area (TPSA) is 62.1 Å². The number of halogens is 1. The molecule has 0 saturated carbocycles. The first-order valence-electron chi connectivity index (χ1n) is 6.23. The molecule has 0 aromatic heterocycles. The number of rotatable bonds is 7. The van der Waals surface area contributed by atoms with E-state index in [1.54, 1.807) is 12.1 Å². The van der Waals surface area contributed by atoms with E-state index in [9.17, 15) is 9.18 Å². The second-order valence-corrected chi connectivity index (χ2v) is 4.07. The van der Waals surface area contributed by atoms with Gasteiger partial charge in [0.2, 0.25) is 5.91 Å². The molecule has 0 aliphatic heterocycles. The third-order valence-electron chi connectivity index (χ3n) is 2.51. The molecule has 4 nitrogen and oxygen atoms in total. The van der Waals surface area contributed by atoms with Crippen molar-refractivity contribution in [1.82, 2.24) is 5.32 Å². The average molecular weight is 264 g/mol. The summed E-state index contributed by atoms with van der Waals surface area (Å²) in [6, 6.07) is 7.43. The largest absolute Gasteiger partial charge is 0.493 e. The van der Waals surface area contributed by atoms with Crippen LogP contribution < -0.4 is 10.1 Å². The van der Waals surface area contributed by atoms with Gasteiger partial charge in [0.25, 0.3) is 0 Å². The zero-order chi connectivity index (χ0) is 14.1. The third-order valence-corrected chi connectivity index (χ3v) is 2.51. The van der Waals surface area contributed by atoms with Crippen molar-refractivity contribution in [3.8, 4) is 11.8 Å². The Balaban J connectivity index is 2.21. The second-order valence-electron chi connectivity index (χ2n) is 4.07. The minimum absolute atomic E-state index is 0.170. The first kappa shape index (κ1) is 15.0. The standard InChI is InChI=1S/C14H17FN2O2/c1-2-12(10-16)17-14(18)7-4-8-19-13-6-3-5-11(15)9-13/h3,5-6,9,12H,2,4,7-8H2,1H3,(H,17,18)/t12-/m0/s1. The lowest BCUT2D eigenvalue weighted by Gasteiger charge is -2.09. The summed E-state index contributed by atoms with van der Waals surface area (Å²) in [5.41, 5.74) is 0. The van der Waals surface area contributed by atoms with Gasteiger partial charge in [0.05, 0.1) is 12.7 Å². The molecule has 1 aromatic carbocycles. The summed E-state index contributed by atoms with van der Waals surface area (Å²) in [6.07, 6.45) is 1.39. The van der Waals surface area contributed by atoms with Crippen LogP contribution in [0.15, 0.2) is 24.3 Å². The maximum absolute atomic E-state index is 12.9. The Morgan fingerprint density at radius 3 is 3.00 bits per heavy atom. The molecule has 1 rings (SSSR count). The number of amides is 1. The summed E-state index contributed by atoms with van der Waals surface area (Å²) >= 11 is 0. The smallest absolute Gasteiger partial charge is 0.221 e. The van der Waals surface area contributed by atoms with E-state index in [1.165, 1.54) is 12.1 Å². The van der Waals surface area contributed by atoms with Gasteiger partial charge in [-0.1, -0.05) is 13.0 Å². The highest BCUT2D eigenvalue weighted by Gasteiger charge is 2.08. The van der Waals surface area contributed by atoms with Crippen molar-refractivity contribution >= 4 is 5.91 Å². The van der Waals surface area contributed by atoms with Crippen LogP contribution in [0.4, 0.5) is 4.39 Å². The quantitative estimate of drug-likeness (QED) is 0.769. The molecule has 0 aliphatic rings. The first-order valence-corrected chi connectivity index (χ1v) is 6.23. The van der Waals surface area contributed by atoms with Crippen molar-refractivity contribution in [2.75, 3.05) is 6.61 Å². The number of carbonyl (C=O) groups excluding carboxylic acids is 1. The van der Waals surface area contributed by atoms with E-state index in [0.29, 0.717) is 25.2 Å². The summed E-state index contributed by atoms with van der Waals surface area (Å²) in [4.78, 5) is 11.5. The Morgan fingerprint density at radius 2 is 2.37 bits per heavy atom. The van der Waals surface area contributed by atoms with E-state index in [2.05, 4.69) is 5.32 Å². The van der Waals surface area contributed by atoms with E-state index >= 15 is 0 Å². The average Bonchev–Trinajstić information content (AvgIpc) is 2.41. The zero-order valence-electron chi connectivity index (χ0n) is 10.9. The molecule has 1 atom stereocenters. The number of nitriles is 1. The second kappa shape index (κ2) is 8.09. The minimum atomic E-state index is -0.434. The predicted molar refractivity (Wildman–Crippen MR) is 69.0 cm³/mol. The number of hydrogen-bond donors (Lipinski definition) is 1. The van der Waals surface area contributed by atoms with Crippen LogP contribution in [0.5, 0.6) is 5.75 Å². The molecule has 1 N–H and O–H groups in total. The third kappa shape index (κ3) is 5.87. The molecule has 0 fully saturated rings. The SMILES string of the molecule is CC[C@@H](C#N)NC(=O)CCCOc1cccc(F)c1. The maximum Gasteiger partial charge on any atom is 0.221 e. The number of nitrogens with one attached hydrogen (secondary N) is 1. The molecular weight excluding hydrogens is 247 g/mol. The van der Waals surface area contributed by atoms with Gasteiger partial charge in [-0.05, 0) is 25.0 Å². The van der Waals surface area contributed by atoms with Gasteiger partial charge >= 0.3 is 0 Å². The van der Waals surface area contributed by atoms with Crippen molar-refractivity contribution < 1.29 is 13.9 Å². The molecule has 0 unspecified atom stereocenters. The number of carbonyl (C=O) groups is 1. The molecule has 0 bridgehead atoms. The van der Waals surface area contributed by atoms with Crippen molar-refractivity contribution in [3.05, 3.63) is 30.1 Å². The highest BCUT2D eigenvalue weighted by molar-refractivity contribution is 5.76. The molecule has 1 amide bonds. The van der Waals surface area contributed by atoms with Gasteiger partial charge in [0, 0.05) is 12.5 Å². The van der Waals surface area contributed by atoms with Gasteiger partial charge in [-0.25, -0.2) is 4.39 Å². The fourth-order valence-corrected chi connectivity index (χ4v) is 1.47. The van der Waals surface area contributed by atoms with E-state index in [1.807, 2.05) is 13.0 Å². The number of benzene rings is 1. The summed E-state index contributed by atoms with van der Waals surface area (Å²) in [5, 5.41) is 11.3. The molecule has 19 heavy (non-hydrogen) atoms. The van der Waals surface area contributed by atoms with Crippen LogP contribution >= 0.6 is 0 Å². The van der Waals surface area contributed by atoms with Crippen LogP contribution in [0.2, 0.25) is 0 Å². The number of hydrogen-bond acceptors (Lipinski definition) is 3. The van der Waals surface area contributed by atoms with Crippen molar-refractivity contribution in [3.63, 3.8) is 0 Å². The molecule has 102 valence electrons. The van der Waals surface area contributed by atoms with E-state index in [-0.39, 0.29) is 18.1 Å². The van der Waals surface area contributed by atoms with Crippen molar-refractivity contribution in [1.29, 1.82) is 5.26 Å². The van der Waals surface area contributed by atoms with Crippen LogP contribution in [-0.4, -0.2) is 18.6 Å². The fourth-order valence-electron chi connectivity index (χ4n) is 1.47. The van der Waals surface area contributed by atoms with Crippen LogP contribution in [0.3, 0.4) is 0 Å². The van der Waals surface area contributed by atoms with Crippen LogP contribution in [-0.2, 0) is 4.79 Å². The molecule has 0 radical (unpaired) electrons. The van der Waals surface area contributed by atoms with Gasteiger partial charge in [0.15, 0.2) is 0 Å². The normalized spacial score (nSPS) is 11.4. The fraction of sp³-hybridized carbons (Fsp3) is 0.429. The highest BCUT2D eigenvalue weighted by Crippen LogP contribution is 2.12. The molecule has 0 aliphatic carbocycles. The van der Waals surface area contributed by atoms with E-state index in [0.717, 1.165) is 0 Å². The maximum atomic E-state index is 12.9. The lowest BCUT2D eigenvalue weighted by atomic mass is 10.2. The first-order chi connectivity index (χ1) is 9.15. The summed E-state index contributed by atoms with van der Waals surface area (Å²) in [6.45, 7) is 2.17. The monoisotopic (exact) mass is 264 g/mol. The van der Waals surface area contributed by atoms with Gasteiger partial charge in [0.1, 0.15) is 17.6 Å². The van der Waals surface area contributed by atoms with Gasteiger partial charge < -0.3 is 10.1 Å². The van der Waals surface area contributed by atoms with Gasteiger partial charge in [-0.15, -0.1) is 0 Å². The summed E-state index contributed by atoms with van der Waals surface area (Å²) in [5.74, 6) is -0.0739. The predicted octanol–water partition coefficient (Wildman–Crippen LogP) is 2.40. The lowest BCUT2D eigenvalue weighted by molar-refractivity contribution is -0.121. The van der Waals surface area contributed by atoms with E-state index < -0.39 is 6.04 Å². The summed E-state index contributed by atoms with van der Waals surface area (Å²) < 4.78 is 18.2. The molecule has 0 spiro atoms. The zero-order valence-corrected chi connectivity index (χ0v) is 10.9. The minimum Gasteiger partial charge on any atom is -0.493 e. The number of ether oxygens (including phenoxy) is 1. The Morgan fingerprint density at radius 1 is 1.58 bits per heavy atom. The van der Waals surface area contributed by atoms with Crippen molar-refractivity contribution in [2.45, 2.75) is 32.2 Å². The van der Waals surface area contributed by atoms with Crippen molar-refractivity contribution in [2.24, 2.45) is 0 Å². The van der Waals surface area contributed by atoms with Gasteiger partial charge in [-0.3, -0.25) is 4.79 Å². The Hall–Kier alpha value is -2.09. The van der Waals surface area contributed by atoms with Crippen LogP contribution in [0.25, 0.3) is 0 Å². The molecule has 1 aromatic rings. The Kier molecular flexibility index (Phi) is 6.37. The Labute approximate surface area is 112 Å². The molecule has 5 heteroatoms. The van der Waals surface area contributed by atoms with Crippen LogP contribution in [0, 0.1) is 17.1 Å². The van der Waals surface area contributed by atoms with Crippen LogP contribution in [0.1, 0.15) is 26.2 Å². The number of nitrogens with zero attached hydrogens (tertiary/aromatic N) is 1. The molecule has 0 saturated heterocycles.